The number of benzene rings is 2. The summed E-state index contributed by atoms with van der Waals surface area (Å²) in [6.07, 6.45) is 2.76. The van der Waals surface area contributed by atoms with Gasteiger partial charge in [0.2, 0.25) is 0 Å². The van der Waals surface area contributed by atoms with Gasteiger partial charge in [-0.2, -0.15) is 0 Å². The molecule has 1 aliphatic rings. The molecule has 1 aliphatic heterocycles. The molecule has 3 nitrogen and oxygen atoms in total. The standard InChI is InChI=1S/C22H29NO2/c1-22(2,3)18-9-10-20-17(13-18)12-15(7-5-11-24)21(23-20)16-6-4-8-19(25)14-16/h4,6,8-10,13-15,21,23-25H,5,7,11-12H2,1-3H3/t15-,21-/m1/s1. The van der Waals surface area contributed by atoms with Crippen LogP contribution in [0.25, 0.3) is 0 Å². The van der Waals surface area contributed by atoms with Crippen LogP contribution in [0.1, 0.15) is 56.3 Å². The van der Waals surface area contributed by atoms with Gasteiger partial charge in [-0.05, 0) is 65.5 Å². The highest BCUT2D eigenvalue weighted by Gasteiger charge is 2.30. The molecule has 2 aromatic rings. The number of hydrogen-bond donors (Lipinski definition) is 3. The summed E-state index contributed by atoms with van der Waals surface area (Å²) in [7, 11) is 0. The zero-order valence-electron chi connectivity index (χ0n) is 15.4. The van der Waals surface area contributed by atoms with Gasteiger partial charge in [0.15, 0.2) is 0 Å². The van der Waals surface area contributed by atoms with Gasteiger partial charge >= 0.3 is 0 Å². The van der Waals surface area contributed by atoms with E-state index in [2.05, 4.69) is 50.4 Å². The van der Waals surface area contributed by atoms with Crippen molar-refractivity contribution in [2.75, 3.05) is 11.9 Å². The second-order valence-corrected chi connectivity index (χ2v) is 8.17. The highest BCUT2D eigenvalue weighted by molar-refractivity contribution is 5.57. The monoisotopic (exact) mass is 339 g/mol. The van der Waals surface area contributed by atoms with Crippen molar-refractivity contribution in [3.8, 4) is 5.75 Å². The van der Waals surface area contributed by atoms with Crippen molar-refractivity contribution in [1.82, 2.24) is 0 Å². The number of rotatable bonds is 4. The predicted octanol–water partition coefficient (Wildman–Crippen LogP) is 4.79. The summed E-state index contributed by atoms with van der Waals surface area (Å²) in [6.45, 7) is 6.94. The molecular weight excluding hydrogens is 310 g/mol. The van der Waals surface area contributed by atoms with Gasteiger partial charge in [0, 0.05) is 12.3 Å². The van der Waals surface area contributed by atoms with E-state index >= 15 is 0 Å². The van der Waals surface area contributed by atoms with Gasteiger partial charge in [0.1, 0.15) is 5.75 Å². The van der Waals surface area contributed by atoms with E-state index in [9.17, 15) is 10.2 Å². The minimum atomic E-state index is 0.137. The zero-order chi connectivity index (χ0) is 18.0. The fraction of sp³-hybridized carbons (Fsp3) is 0.455. The Morgan fingerprint density at radius 1 is 1.12 bits per heavy atom. The summed E-state index contributed by atoms with van der Waals surface area (Å²) in [4.78, 5) is 0. The van der Waals surface area contributed by atoms with Crippen LogP contribution in [0.4, 0.5) is 5.69 Å². The molecule has 0 saturated heterocycles. The van der Waals surface area contributed by atoms with Crippen molar-refractivity contribution < 1.29 is 10.2 Å². The van der Waals surface area contributed by atoms with Gasteiger partial charge in [-0.3, -0.25) is 0 Å². The van der Waals surface area contributed by atoms with Crippen LogP contribution in [0, 0.1) is 5.92 Å². The molecule has 0 aliphatic carbocycles. The van der Waals surface area contributed by atoms with Crippen LogP contribution in [0.2, 0.25) is 0 Å². The minimum Gasteiger partial charge on any atom is -0.508 e. The number of phenolic OH excluding ortho intramolecular Hbond substituents is 1. The highest BCUT2D eigenvalue weighted by atomic mass is 16.3. The fourth-order valence-corrected chi connectivity index (χ4v) is 3.75. The summed E-state index contributed by atoms with van der Waals surface area (Å²) in [5.74, 6) is 0.700. The number of hydrogen-bond acceptors (Lipinski definition) is 3. The number of nitrogens with one attached hydrogen (secondary N) is 1. The summed E-state index contributed by atoms with van der Waals surface area (Å²) in [5.41, 5.74) is 5.13. The number of phenols is 1. The maximum Gasteiger partial charge on any atom is 0.115 e. The number of aliphatic hydroxyl groups excluding tert-OH is 1. The molecule has 25 heavy (non-hydrogen) atoms. The first-order chi connectivity index (χ1) is 11.9. The van der Waals surface area contributed by atoms with Crippen LogP contribution in [0.5, 0.6) is 5.75 Å². The van der Waals surface area contributed by atoms with Crippen LogP contribution in [-0.2, 0) is 11.8 Å². The molecule has 3 heteroatoms. The molecule has 0 fully saturated rings. The summed E-state index contributed by atoms with van der Waals surface area (Å²) in [5, 5.41) is 22.8. The average molecular weight is 339 g/mol. The lowest BCUT2D eigenvalue weighted by atomic mass is 9.78. The Morgan fingerprint density at radius 2 is 1.92 bits per heavy atom. The summed E-state index contributed by atoms with van der Waals surface area (Å²) >= 11 is 0. The molecule has 0 radical (unpaired) electrons. The van der Waals surface area contributed by atoms with Crippen molar-refractivity contribution in [2.45, 2.75) is 51.5 Å². The maximum atomic E-state index is 9.86. The third-order valence-corrected chi connectivity index (χ3v) is 5.20. The van der Waals surface area contributed by atoms with Crippen molar-refractivity contribution in [1.29, 1.82) is 0 Å². The second-order valence-electron chi connectivity index (χ2n) is 8.17. The molecule has 3 N–H and O–H groups in total. The van der Waals surface area contributed by atoms with E-state index in [4.69, 9.17) is 0 Å². The molecule has 0 unspecified atom stereocenters. The zero-order valence-corrected chi connectivity index (χ0v) is 15.4. The first-order valence-corrected chi connectivity index (χ1v) is 9.18. The van der Waals surface area contributed by atoms with Crippen LogP contribution in [0.3, 0.4) is 0 Å². The Kier molecular flexibility index (Phi) is 5.05. The average Bonchev–Trinajstić information content (AvgIpc) is 2.57. The van der Waals surface area contributed by atoms with E-state index in [-0.39, 0.29) is 18.1 Å². The van der Waals surface area contributed by atoms with Crippen molar-refractivity contribution in [3.63, 3.8) is 0 Å². The Labute approximate surface area is 150 Å². The Bertz CT molecular complexity index is 733. The van der Waals surface area contributed by atoms with E-state index < -0.39 is 0 Å². The van der Waals surface area contributed by atoms with E-state index in [1.807, 2.05) is 12.1 Å². The third kappa shape index (κ3) is 3.98. The fourth-order valence-electron chi connectivity index (χ4n) is 3.75. The third-order valence-electron chi connectivity index (χ3n) is 5.20. The van der Waals surface area contributed by atoms with Crippen molar-refractivity contribution in [2.24, 2.45) is 5.92 Å². The van der Waals surface area contributed by atoms with Gasteiger partial charge in [0.25, 0.3) is 0 Å². The summed E-state index contributed by atoms with van der Waals surface area (Å²) < 4.78 is 0. The van der Waals surface area contributed by atoms with Gasteiger partial charge < -0.3 is 15.5 Å². The number of aliphatic hydroxyl groups is 1. The molecule has 0 saturated carbocycles. The van der Waals surface area contributed by atoms with E-state index in [0.29, 0.717) is 11.7 Å². The first kappa shape index (κ1) is 17.8. The highest BCUT2D eigenvalue weighted by Crippen LogP contribution is 2.41. The number of anilines is 1. The van der Waals surface area contributed by atoms with Crippen molar-refractivity contribution >= 4 is 5.69 Å². The Hall–Kier alpha value is -2.00. The van der Waals surface area contributed by atoms with Gasteiger partial charge in [0.05, 0.1) is 6.04 Å². The van der Waals surface area contributed by atoms with Gasteiger partial charge in [-0.15, -0.1) is 0 Å². The topological polar surface area (TPSA) is 52.5 Å². The second kappa shape index (κ2) is 7.09. The normalized spacial score (nSPS) is 20.0. The van der Waals surface area contributed by atoms with Crippen molar-refractivity contribution in [3.05, 3.63) is 59.2 Å². The lowest BCUT2D eigenvalue weighted by molar-refractivity contribution is 0.263. The van der Waals surface area contributed by atoms with E-state index in [1.165, 1.54) is 16.8 Å². The quantitative estimate of drug-likeness (QED) is 0.751. The van der Waals surface area contributed by atoms with Crippen LogP contribution < -0.4 is 5.32 Å². The van der Waals surface area contributed by atoms with Gasteiger partial charge in [-0.25, -0.2) is 0 Å². The maximum absolute atomic E-state index is 9.86. The van der Waals surface area contributed by atoms with Gasteiger partial charge in [-0.1, -0.05) is 45.0 Å². The van der Waals surface area contributed by atoms with E-state index in [1.54, 1.807) is 6.07 Å². The smallest absolute Gasteiger partial charge is 0.115 e. The molecule has 1 heterocycles. The largest absolute Gasteiger partial charge is 0.508 e. The first-order valence-electron chi connectivity index (χ1n) is 9.18. The summed E-state index contributed by atoms with van der Waals surface area (Å²) in [6, 6.07) is 14.4. The van der Waals surface area contributed by atoms with E-state index in [0.717, 1.165) is 24.8 Å². The molecule has 0 bridgehead atoms. The molecule has 0 spiro atoms. The van der Waals surface area contributed by atoms with Crippen LogP contribution in [0.15, 0.2) is 42.5 Å². The molecule has 0 aromatic heterocycles. The molecule has 3 rings (SSSR count). The molecule has 2 atom stereocenters. The minimum absolute atomic E-state index is 0.137. The molecule has 134 valence electrons. The SMILES string of the molecule is CC(C)(C)c1ccc2c(c1)C[C@@H](CCCO)[C@H](c1cccc(O)c1)N2. The number of aromatic hydroxyl groups is 1. The van der Waals surface area contributed by atoms with Crippen LogP contribution in [-0.4, -0.2) is 16.8 Å². The number of fused-ring (bicyclic) bond motifs is 1. The Balaban J connectivity index is 1.95. The molecule has 0 amide bonds. The lowest BCUT2D eigenvalue weighted by Gasteiger charge is -2.36. The van der Waals surface area contributed by atoms with Crippen LogP contribution >= 0.6 is 0 Å². The lowest BCUT2D eigenvalue weighted by Crippen LogP contribution is -2.28. The predicted molar refractivity (Wildman–Crippen MR) is 103 cm³/mol. The molecular formula is C22H29NO2. The Morgan fingerprint density at radius 3 is 2.60 bits per heavy atom. The molecule has 2 aromatic carbocycles.